The lowest BCUT2D eigenvalue weighted by atomic mass is 10.1. The molecule has 0 saturated carbocycles. The number of rotatable bonds is 7. The van der Waals surface area contributed by atoms with Gasteiger partial charge in [0.25, 0.3) is 0 Å². The first-order valence-corrected chi connectivity index (χ1v) is 6.66. The van der Waals surface area contributed by atoms with Crippen molar-refractivity contribution < 1.29 is 9.53 Å². The first-order chi connectivity index (χ1) is 9.79. The van der Waals surface area contributed by atoms with E-state index in [0.29, 0.717) is 18.6 Å². The van der Waals surface area contributed by atoms with Gasteiger partial charge in [0.2, 0.25) is 0 Å². The second kappa shape index (κ2) is 7.41. The number of carbonyl (C=O) groups excluding carboxylic acids is 1. The second-order valence-electron chi connectivity index (χ2n) is 4.56. The molecule has 0 heterocycles. The maximum Gasteiger partial charge on any atom is 0.165 e. The number of hydrogen-bond donors (Lipinski definition) is 0. The van der Waals surface area contributed by atoms with Crippen molar-refractivity contribution in [3.05, 3.63) is 84.4 Å². The molecule has 0 radical (unpaired) electrons. The Bertz CT molecular complexity index is 546. The van der Waals surface area contributed by atoms with E-state index < -0.39 is 0 Å². The standard InChI is InChI=1S/C18H18O2/c1-2-17(20-14-15-9-5-3-6-10-15)13-18(19)16-11-7-4-8-12-16/h2-12,17H,1,13-14H2/t17-/m0/s1. The largest absolute Gasteiger partial charge is 0.369 e. The van der Waals surface area contributed by atoms with Crippen molar-refractivity contribution >= 4 is 5.78 Å². The average molecular weight is 266 g/mol. The van der Waals surface area contributed by atoms with Crippen LogP contribution in [0.3, 0.4) is 0 Å². The molecule has 0 fully saturated rings. The van der Waals surface area contributed by atoms with Crippen LogP contribution >= 0.6 is 0 Å². The molecule has 2 rings (SSSR count). The summed E-state index contributed by atoms with van der Waals surface area (Å²) in [6.07, 6.45) is 1.74. The Morgan fingerprint density at radius 1 is 1.05 bits per heavy atom. The van der Waals surface area contributed by atoms with Crippen LogP contribution in [0.25, 0.3) is 0 Å². The van der Waals surface area contributed by atoms with Crippen molar-refractivity contribution in [3.63, 3.8) is 0 Å². The molecule has 2 nitrogen and oxygen atoms in total. The summed E-state index contributed by atoms with van der Waals surface area (Å²) in [4.78, 5) is 12.1. The third-order valence-corrected chi connectivity index (χ3v) is 3.05. The number of Topliss-reactive ketones (excluding diaryl/α,β-unsaturated/α-hetero) is 1. The molecule has 102 valence electrons. The summed E-state index contributed by atoms with van der Waals surface area (Å²) in [5.41, 5.74) is 1.80. The van der Waals surface area contributed by atoms with Gasteiger partial charge in [-0.2, -0.15) is 0 Å². The summed E-state index contributed by atoms with van der Waals surface area (Å²) in [5, 5.41) is 0. The van der Waals surface area contributed by atoms with Crippen LogP contribution in [0.15, 0.2) is 73.3 Å². The third-order valence-electron chi connectivity index (χ3n) is 3.05. The van der Waals surface area contributed by atoms with E-state index in [1.165, 1.54) is 0 Å². The van der Waals surface area contributed by atoms with Crippen LogP contribution in [-0.4, -0.2) is 11.9 Å². The lowest BCUT2D eigenvalue weighted by molar-refractivity contribution is 0.0589. The van der Waals surface area contributed by atoms with Crippen LogP contribution in [0.1, 0.15) is 22.3 Å². The summed E-state index contributed by atoms with van der Waals surface area (Å²) in [5.74, 6) is 0.0727. The van der Waals surface area contributed by atoms with E-state index in [1.54, 1.807) is 6.08 Å². The molecule has 0 amide bonds. The van der Waals surface area contributed by atoms with Crippen molar-refractivity contribution in [2.24, 2.45) is 0 Å². The number of hydrogen-bond acceptors (Lipinski definition) is 2. The molecular weight excluding hydrogens is 248 g/mol. The molecule has 0 saturated heterocycles. The minimum Gasteiger partial charge on any atom is -0.369 e. The van der Waals surface area contributed by atoms with E-state index in [0.717, 1.165) is 5.56 Å². The first kappa shape index (κ1) is 14.2. The van der Waals surface area contributed by atoms with Gasteiger partial charge < -0.3 is 4.74 Å². The van der Waals surface area contributed by atoms with Gasteiger partial charge in [-0.3, -0.25) is 4.79 Å². The fraction of sp³-hybridized carbons (Fsp3) is 0.167. The maximum atomic E-state index is 12.1. The highest BCUT2D eigenvalue weighted by Gasteiger charge is 2.12. The predicted octanol–water partition coefficient (Wildman–Crippen LogP) is 4.03. The van der Waals surface area contributed by atoms with E-state index in [9.17, 15) is 4.79 Å². The van der Waals surface area contributed by atoms with Gasteiger partial charge in [0.1, 0.15) is 0 Å². The number of ether oxygens (including phenoxy) is 1. The fourth-order valence-corrected chi connectivity index (χ4v) is 1.91. The topological polar surface area (TPSA) is 26.3 Å². The van der Waals surface area contributed by atoms with E-state index >= 15 is 0 Å². The van der Waals surface area contributed by atoms with Gasteiger partial charge in [0.15, 0.2) is 5.78 Å². The van der Waals surface area contributed by atoms with Gasteiger partial charge in [0, 0.05) is 12.0 Å². The molecule has 0 unspecified atom stereocenters. The molecule has 20 heavy (non-hydrogen) atoms. The van der Waals surface area contributed by atoms with Crippen LogP contribution in [0.2, 0.25) is 0 Å². The third kappa shape index (κ3) is 4.18. The minimum absolute atomic E-state index is 0.0727. The first-order valence-electron chi connectivity index (χ1n) is 6.66. The van der Waals surface area contributed by atoms with Gasteiger partial charge in [-0.25, -0.2) is 0 Å². The van der Waals surface area contributed by atoms with Crippen molar-refractivity contribution in [1.82, 2.24) is 0 Å². The highest BCUT2D eigenvalue weighted by atomic mass is 16.5. The van der Waals surface area contributed by atoms with Crippen LogP contribution in [-0.2, 0) is 11.3 Å². The van der Waals surface area contributed by atoms with Gasteiger partial charge in [-0.05, 0) is 5.56 Å². The van der Waals surface area contributed by atoms with E-state index in [4.69, 9.17) is 4.74 Å². The monoisotopic (exact) mass is 266 g/mol. The number of carbonyl (C=O) groups is 1. The van der Waals surface area contributed by atoms with Crippen molar-refractivity contribution in [1.29, 1.82) is 0 Å². The molecule has 2 aromatic carbocycles. The zero-order valence-corrected chi connectivity index (χ0v) is 11.4. The molecular formula is C18H18O2. The maximum absolute atomic E-state index is 12.1. The van der Waals surface area contributed by atoms with Crippen LogP contribution in [0.5, 0.6) is 0 Å². The molecule has 2 heteroatoms. The fourth-order valence-electron chi connectivity index (χ4n) is 1.91. The zero-order valence-electron chi connectivity index (χ0n) is 11.4. The lowest BCUT2D eigenvalue weighted by Gasteiger charge is -2.13. The summed E-state index contributed by atoms with van der Waals surface area (Å²) in [6, 6.07) is 19.2. The predicted molar refractivity (Wildman–Crippen MR) is 80.6 cm³/mol. The number of ketones is 1. The Morgan fingerprint density at radius 3 is 2.25 bits per heavy atom. The SMILES string of the molecule is C=C[C@@H](CC(=O)c1ccccc1)OCc1ccccc1. The van der Waals surface area contributed by atoms with Crippen LogP contribution < -0.4 is 0 Å². The molecule has 0 spiro atoms. The normalized spacial score (nSPS) is 11.8. The Labute approximate surface area is 119 Å². The average Bonchev–Trinajstić information content (AvgIpc) is 2.53. The molecule has 1 atom stereocenters. The van der Waals surface area contributed by atoms with Crippen LogP contribution in [0, 0.1) is 0 Å². The van der Waals surface area contributed by atoms with Gasteiger partial charge >= 0.3 is 0 Å². The number of benzene rings is 2. The highest BCUT2D eigenvalue weighted by molar-refractivity contribution is 5.96. The lowest BCUT2D eigenvalue weighted by Crippen LogP contribution is -2.15. The molecule has 2 aromatic rings. The Hall–Kier alpha value is -2.19. The van der Waals surface area contributed by atoms with Gasteiger partial charge in [-0.1, -0.05) is 66.7 Å². The van der Waals surface area contributed by atoms with Gasteiger partial charge in [-0.15, -0.1) is 6.58 Å². The van der Waals surface area contributed by atoms with Crippen molar-refractivity contribution in [2.45, 2.75) is 19.1 Å². The summed E-state index contributed by atoms with van der Waals surface area (Å²) >= 11 is 0. The molecule has 0 aliphatic heterocycles. The minimum atomic E-state index is -0.261. The molecule has 0 bridgehead atoms. The molecule has 0 aliphatic carbocycles. The van der Waals surface area contributed by atoms with Crippen molar-refractivity contribution in [2.75, 3.05) is 0 Å². The Balaban J connectivity index is 1.89. The van der Waals surface area contributed by atoms with E-state index in [1.807, 2.05) is 60.7 Å². The molecule has 0 aromatic heterocycles. The summed E-state index contributed by atoms with van der Waals surface area (Å²) < 4.78 is 5.73. The second-order valence-corrected chi connectivity index (χ2v) is 4.56. The Morgan fingerprint density at radius 2 is 1.65 bits per heavy atom. The van der Waals surface area contributed by atoms with E-state index in [2.05, 4.69) is 6.58 Å². The molecule has 0 N–H and O–H groups in total. The summed E-state index contributed by atoms with van der Waals surface area (Å²) in [6.45, 7) is 4.23. The van der Waals surface area contributed by atoms with Crippen LogP contribution in [0.4, 0.5) is 0 Å². The summed E-state index contributed by atoms with van der Waals surface area (Å²) in [7, 11) is 0. The van der Waals surface area contributed by atoms with E-state index in [-0.39, 0.29) is 11.9 Å². The highest BCUT2D eigenvalue weighted by Crippen LogP contribution is 2.11. The smallest absolute Gasteiger partial charge is 0.165 e. The quantitative estimate of drug-likeness (QED) is 0.558. The molecule has 0 aliphatic rings. The van der Waals surface area contributed by atoms with Crippen molar-refractivity contribution in [3.8, 4) is 0 Å². The zero-order chi connectivity index (χ0) is 14.2. The Kier molecular flexibility index (Phi) is 5.27. The van der Waals surface area contributed by atoms with Gasteiger partial charge in [0.05, 0.1) is 12.7 Å².